The van der Waals surface area contributed by atoms with Gasteiger partial charge in [0.2, 0.25) is 5.56 Å². The highest BCUT2D eigenvalue weighted by atomic mass is 16.5. The van der Waals surface area contributed by atoms with Gasteiger partial charge in [0.1, 0.15) is 24.2 Å². The van der Waals surface area contributed by atoms with Crippen molar-refractivity contribution in [3.63, 3.8) is 0 Å². The molecule has 0 amide bonds. The summed E-state index contributed by atoms with van der Waals surface area (Å²) in [5, 5.41) is 34.7. The molecule has 176 valence electrons. The molecule has 5 N–H and O–H groups in total. The Morgan fingerprint density at radius 1 is 0.882 bits per heavy atom. The molecule has 3 aromatic carbocycles. The molecular weight excluding hydrogens is 432 g/mol. The van der Waals surface area contributed by atoms with Gasteiger partial charge in [-0.25, -0.2) is 0 Å². The Labute approximate surface area is 197 Å². The second-order valence-corrected chi connectivity index (χ2v) is 8.14. The van der Waals surface area contributed by atoms with Crippen molar-refractivity contribution in [3.05, 3.63) is 106 Å². The summed E-state index contributed by atoms with van der Waals surface area (Å²) in [7, 11) is 0. The van der Waals surface area contributed by atoms with Gasteiger partial charge in [-0.2, -0.15) is 0 Å². The summed E-state index contributed by atoms with van der Waals surface area (Å²) in [6.07, 6.45) is -0.702. The number of aromatic nitrogens is 1. The highest BCUT2D eigenvalue weighted by molar-refractivity contribution is 5.87. The molecule has 34 heavy (non-hydrogen) atoms. The van der Waals surface area contributed by atoms with Gasteiger partial charge < -0.3 is 30.4 Å². The van der Waals surface area contributed by atoms with Crippen LogP contribution >= 0.6 is 0 Å². The predicted molar refractivity (Wildman–Crippen MR) is 131 cm³/mol. The van der Waals surface area contributed by atoms with Crippen LogP contribution in [0, 0.1) is 0 Å². The summed E-state index contributed by atoms with van der Waals surface area (Å²) in [5.41, 5.74) is 2.58. The average Bonchev–Trinajstić information content (AvgIpc) is 2.87. The van der Waals surface area contributed by atoms with Crippen molar-refractivity contribution in [2.75, 3.05) is 19.7 Å². The van der Waals surface area contributed by atoms with E-state index in [0.717, 1.165) is 17.5 Å². The molecule has 4 aromatic rings. The molecule has 0 saturated carbocycles. The van der Waals surface area contributed by atoms with E-state index < -0.39 is 12.2 Å². The van der Waals surface area contributed by atoms with Gasteiger partial charge in [0.05, 0.1) is 11.6 Å². The number of aliphatic hydroxyl groups excluding tert-OH is 2. The van der Waals surface area contributed by atoms with E-state index in [0.29, 0.717) is 35.3 Å². The fourth-order valence-electron chi connectivity index (χ4n) is 3.83. The van der Waals surface area contributed by atoms with E-state index in [9.17, 15) is 20.1 Å². The van der Waals surface area contributed by atoms with Crippen molar-refractivity contribution in [2.24, 2.45) is 0 Å². The first-order valence-electron chi connectivity index (χ1n) is 11.2. The molecule has 0 aliphatic carbocycles. The summed E-state index contributed by atoms with van der Waals surface area (Å²) in [6.45, 7) is 1.18. The molecule has 7 heteroatoms. The van der Waals surface area contributed by atoms with Gasteiger partial charge in [0.25, 0.3) is 0 Å². The maximum Gasteiger partial charge on any atom is 0.248 e. The number of nitrogens with one attached hydrogen (secondary N) is 2. The molecule has 0 fully saturated rings. The third-order valence-electron chi connectivity index (χ3n) is 5.71. The molecule has 0 bridgehead atoms. The molecule has 0 spiro atoms. The quantitative estimate of drug-likeness (QED) is 0.232. The highest BCUT2D eigenvalue weighted by Gasteiger charge is 2.14. The number of rotatable bonds is 10. The van der Waals surface area contributed by atoms with E-state index in [2.05, 4.69) is 10.3 Å². The fourth-order valence-corrected chi connectivity index (χ4v) is 3.83. The zero-order valence-electron chi connectivity index (χ0n) is 18.6. The maximum absolute atomic E-state index is 11.5. The fraction of sp³-hybridized carbons (Fsp3) is 0.222. The Morgan fingerprint density at radius 3 is 2.41 bits per heavy atom. The minimum absolute atomic E-state index is 0.0291. The average molecular weight is 461 g/mol. The van der Waals surface area contributed by atoms with Gasteiger partial charge in [0.15, 0.2) is 0 Å². The first-order chi connectivity index (χ1) is 16.5. The number of aromatic hydroxyl groups is 1. The van der Waals surface area contributed by atoms with Gasteiger partial charge in [-0.05, 0) is 53.9 Å². The van der Waals surface area contributed by atoms with Crippen LogP contribution in [0.25, 0.3) is 10.9 Å². The molecule has 0 aliphatic heterocycles. The second kappa shape index (κ2) is 11.0. The number of aliphatic hydroxyl groups is 2. The van der Waals surface area contributed by atoms with Crippen LogP contribution in [0.1, 0.15) is 28.9 Å². The topological polar surface area (TPSA) is 115 Å². The molecule has 0 radical (unpaired) electrons. The van der Waals surface area contributed by atoms with Crippen molar-refractivity contribution >= 4 is 10.9 Å². The normalized spacial score (nSPS) is 13.0. The minimum atomic E-state index is -0.791. The van der Waals surface area contributed by atoms with Crippen molar-refractivity contribution in [1.29, 1.82) is 0 Å². The lowest BCUT2D eigenvalue weighted by Gasteiger charge is -2.15. The van der Waals surface area contributed by atoms with E-state index in [1.165, 1.54) is 12.1 Å². The molecule has 7 nitrogen and oxygen atoms in total. The van der Waals surface area contributed by atoms with Gasteiger partial charge in [0, 0.05) is 18.0 Å². The molecule has 2 unspecified atom stereocenters. The summed E-state index contributed by atoms with van der Waals surface area (Å²) in [5.74, 6) is 0.665. The van der Waals surface area contributed by atoms with Crippen LogP contribution in [-0.4, -0.2) is 40.0 Å². The van der Waals surface area contributed by atoms with Gasteiger partial charge in [-0.1, -0.05) is 48.5 Å². The van der Waals surface area contributed by atoms with Crippen LogP contribution in [-0.2, 0) is 6.42 Å². The monoisotopic (exact) mass is 460 g/mol. The van der Waals surface area contributed by atoms with Crippen LogP contribution in [0.3, 0.4) is 0 Å². The van der Waals surface area contributed by atoms with Gasteiger partial charge in [-0.3, -0.25) is 4.79 Å². The standard InChI is InChI=1S/C27H28N2O5/c30-23-12-10-21(22-11-13-26(33)29-27(22)23)24(31)16-28-15-14-18-6-8-20(9-7-18)34-17-25(32)19-4-2-1-3-5-19/h1-13,24-25,28,30-32H,14-17H2,(H,29,33). The van der Waals surface area contributed by atoms with Gasteiger partial charge in [-0.15, -0.1) is 0 Å². The van der Waals surface area contributed by atoms with Crippen molar-refractivity contribution in [3.8, 4) is 11.5 Å². The number of fused-ring (bicyclic) bond motifs is 1. The zero-order chi connectivity index (χ0) is 23.9. The number of aromatic amines is 1. The SMILES string of the molecule is O=c1ccc2c(C(O)CNCCc3ccc(OCC(O)c4ccccc4)cc3)ccc(O)c2[nH]1. The third-order valence-corrected chi connectivity index (χ3v) is 5.71. The van der Waals surface area contributed by atoms with Crippen LogP contribution in [0.2, 0.25) is 0 Å². The van der Waals surface area contributed by atoms with E-state index in [1.807, 2.05) is 54.6 Å². The Morgan fingerprint density at radius 2 is 1.65 bits per heavy atom. The number of hydrogen-bond acceptors (Lipinski definition) is 6. The van der Waals surface area contributed by atoms with Crippen molar-refractivity contribution < 1.29 is 20.1 Å². The Hall–Kier alpha value is -3.65. The molecule has 1 heterocycles. The second-order valence-electron chi connectivity index (χ2n) is 8.14. The first-order valence-corrected chi connectivity index (χ1v) is 11.2. The third kappa shape index (κ3) is 5.82. The molecule has 1 aromatic heterocycles. The summed E-state index contributed by atoms with van der Waals surface area (Å²) in [4.78, 5) is 14.2. The van der Waals surface area contributed by atoms with Crippen molar-refractivity contribution in [2.45, 2.75) is 18.6 Å². The lowest BCUT2D eigenvalue weighted by Crippen LogP contribution is -2.24. The number of pyridine rings is 1. The van der Waals surface area contributed by atoms with E-state index in [1.54, 1.807) is 12.1 Å². The van der Waals surface area contributed by atoms with E-state index >= 15 is 0 Å². The molecule has 2 atom stereocenters. The number of hydrogen-bond donors (Lipinski definition) is 5. The highest BCUT2D eigenvalue weighted by Crippen LogP contribution is 2.28. The van der Waals surface area contributed by atoms with Crippen LogP contribution < -0.4 is 15.6 Å². The Kier molecular flexibility index (Phi) is 7.59. The number of phenolic OH excluding ortho intramolecular Hbond substituents is 1. The molecular formula is C27H28N2O5. The van der Waals surface area contributed by atoms with Crippen molar-refractivity contribution in [1.82, 2.24) is 10.3 Å². The Bertz CT molecular complexity index is 1270. The lowest BCUT2D eigenvalue weighted by atomic mass is 10.0. The molecule has 0 aliphatic rings. The number of ether oxygens (including phenoxy) is 1. The minimum Gasteiger partial charge on any atom is -0.506 e. The largest absolute Gasteiger partial charge is 0.506 e. The Balaban J connectivity index is 1.24. The van der Waals surface area contributed by atoms with E-state index in [4.69, 9.17) is 4.74 Å². The smallest absolute Gasteiger partial charge is 0.248 e. The van der Waals surface area contributed by atoms with E-state index in [-0.39, 0.29) is 17.9 Å². The summed E-state index contributed by atoms with van der Waals surface area (Å²) >= 11 is 0. The lowest BCUT2D eigenvalue weighted by molar-refractivity contribution is 0.108. The summed E-state index contributed by atoms with van der Waals surface area (Å²) in [6, 6.07) is 23.2. The maximum atomic E-state index is 11.5. The first kappa shape index (κ1) is 23.5. The predicted octanol–water partition coefficient (Wildman–Crippen LogP) is 3.21. The molecule has 0 saturated heterocycles. The van der Waals surface area contributed by atoms with Crippen LogP contribution in [0.5, 0.6) is 11.5 Å². The number of H-pyrrole nitrogens is 1. The summed E-state index contributed by atoms with van der Waals surface area (Å²) < 4.78 is 5.70. The number of benzene rings is 3. The van der Waals surface area contributed by atoms with Gasteiger partial charge >= 0.3 is 0 Å². The molecule has 4 rings (SSSR count). The van der Waals surface area contributed by atoms with Crippen LogP contribution in [0.4, 0.5) is 0 Å². The number of phenols is 1. The van der Waals surface area contributed by atoms with Crippen LogP contribution in [0.15, 0.2) is 83.7 Å². The zero-order valence-corrected chi connectivity index (χ0v) is 18.6.